The molecular weight excluding hydrogens is 288 g/mol. The molecule has 3 heteroatoms. The Labute approximate surface area is 119 Å². The molecule has 1 aromatic rings. The number of halogens is 1. The van der Waals surface area contributed by atoms with E-state index in [-0.39, 0.29) is 0 Å². The van der Waals surface area contributed by atoms with Crippen molar-refractivity contribution >= 4 is 15.9 Å². The molecule has 0 amide bonds. The van der Waals surface area contributed by atoms with Crippen molar-refractivity contribution in [2.24, 2.45) is 0 Å². The molecule has 1 aliphatic rings. The van der Waals surface area contributed by atoms with E-state index in [0.717, 1.165) is 19.1 Å². The minimum absolute atomic E-state index is 0.725. The quantitative estimate of drug-likeness (QED) is 0.915. The lowest BCUT2D eigenvalue weighted by atomic mass is 10.0. The number of rotatable bonds is 4. The highest BCUT2D eigenvalue weighted by molar-refractivity contribution is 9.10. The van der Waals surface area contributed by atoms with Crippen LogP contribution in [0.2, 0.25) is 0 Å². The zero-order valence-electron chi connectivity index (χ0n) is 11.4. The van der Waals surface area contributed by atoms with E-state index < -0.39 is 0 Å². The second-order valence-corrected chi connectivity index (χ2v) is 6.13. The number of hydrogen-bond donors (Lipinski definition) is 1. The molecule has 0 bridgehead atoms. The van der Waals surface area contributed by atoms with Gasteiger partial charge in [0.05, 0.1) is 0 Å². The highest BCUT2D eigenvalue weighted by Gasteiger charge is 2.18. The first-order chi connectivity index (χ1) is 8.70. The lowest BCUT2D eigenvalue weighted by Gasteiger charge is -2.33. The summed E-state index contributed by atoms with van der Waals surface area (Å²) in [6, 6.07) is 7.45. The summed E-state index contributed by atoms with van der Waals surface area (Å²) in [4.78, 5) is 2.60. The Balaban J connectivity index is 2.04. The van der Waals surface area contributed by atoms with Crippen molar-refractivity contribution in [2.75, 3.05) is 13.6 Å². The van der Waals surface area contributed by atoms with Crippen LogP contribution >= 0.6 is 15.9 Å². The van der Waals surface area contributed by atoms with Gasteiger partial charge in [0, 0.05) is 23.6 Å². The van der Waals surface area contributed by atoms with E-state index in [4.69, 9.17) is 0 Å². The Morgan fingerprint density at radius 1 is 1.39 bits per heavy atom. The Bertz CT molecular complexity index is 392. The van der Waals surface area contributed by atoms with Crippen molar-refractivity contribution in [1.29, 1.82) is 0 Å². The fourth-order valence-electron chi connectivity index (χ4n) is 2.64. The van der Waals surface area contributed by atoms with E-state index in [1.807, 2.05) is 7.05 Å². The van der Waals surface area contributed by atoms with Gasteiger partial charge in [0.15, 0.2) is 0 Å². The summed E-state index contributed by atoms with van der Waals surface area (Å²) in [5.41, 5.74) is 2.74. The molecule has 0 aliphatic carbocycles. The number of hydrogen-bond acceptors (Lipinski definition) is 2. The molecule has 1 aliphatic heterocycles. The van der Waals surface area contributed by atoms with E-state index in [1.165, 1.54) is 41.4 Å². The van der Waals surface area contributed by atoms with Gasteiger partial charge in [-0.1, -0.05) is 34.5 Å². The van der Waals surface area contributed by atoms with Crippen LogP contribution in [0.3, 0.4) is 0 Å². The largest absolute Gasteiger partial charge is 0.316 e. The number of likely N-dealkylation sites (tertiary alicyclic amines) is 1. The normalized spacial score (nSPS) is 21.2. The average Bonchev–Trinajstić information content (AvgIpc) is 2.35. The topological polar surface area (TPSA) is 15.3 Å². The standard InChI is InChI=1S/C15H23BrN2/c1-12-5-3-4-8-18(12)11-14-7-6-13(10-17-2)9-15(14)16/h6-7,9,12,17H,3-5,8,10-11H2,1-2H3. The molecule has 1 atom stereocenters. The fraction of sp³-hybridized carbons (Fsp3) is 0.600. The van der Waals surface area contributed by atoms with Gasteiger partial charge in [-0.05, 0) is 50.6 Å². The molecule has 0 aromatic heterocycles. The molecule has 2 nitrogen and oxygen atoms in total. The minimum Gasteiger partial charge on any atom is -0.316 e. The minimum atomic E-state index is 0.725. The van der Waals surface area contributed by atoms with Crippen molar-refractivity contribution in [2.45, 2.75) is 45.3 Å². The van der Waals surface area contributed by atoms with Crippen LogP contribution in [0, 0.1) is 0 Å². The third-order valence-electron chi connectivity index (χ3n) is 3.81. The summed E-state index contributed by atoms with van der Waals surface area (Å²) in [5, 5.41) is 3.19. The van der Waals surface area contributed by atoms with E-state index in [9.17, 15) is 0 Å². The Morgan fingerprint density at radius 2 is 2.22 bits per heavy atom. The summed E-state index contributed by atoms with van der Waals surface area (Å²) in [6.07, 6.45) is 4.08. The van der Waals surface area contributed by atoms with Crippen molar-refractivity contribution in [3.8, 4) is 0 Å². The number of benzene rings is 1. The fourth-order valence-corrected chi connectivity index (χ4v) is 3.20. The van der Waals surface area contributed by atoms with Crippen LogP contribution in [-0.2, 0) is 13.1 Å². The van der Waals surface area contributed by atoms with Crippen molar-refractivity contribution in [1.82, 2.24) is 10.2 Å². The summed E-state index contributed by atoms with van der Waals surface area (Å²) >= 11 is 3.71. The zero-order chi connectivity index (χ0) is 13.0. The van der Waals surface area contributed by atoms with Gasteiger partial charge in [0.2, 0.25) is 0 Å². The molecule has 1 unspecified atom stereocenters. The summed E-state index contributed by atoms with van der Waals surface area (Å²) in [7, 11) is 1.98. The molecule has 1 aromatic carbocycles. The predicted molar refractivity (Wildman–Crippen MR) is 80.6 cm³/mol. The van der Waals surface area contributed by atoms with E-state index >= 15 is 0 Å². The second kappa shape index (κ2) is 6.69. The van der Waals surface area contributed by atoms with Crippen LogP contribution in [0.25, 0.3) is 0 Å². The Hall–Kier alpha value is -0.380. The van der Waals surface area contributed by atoms with Gasteiger partial charge in [-0.25, -0.2) is 0 Å². The van der Waals surface area contributed by atoms with Gasteiger partial charge in [-0.3, -0.25) is 4.90 Å². The van der Waals surface area contributed by atoms with Crippen molar-refractivity contribution < 1.29 is 0 Å². The van der Waals surface area contributed by atoms with Gasteiger partial charge >= 0.3 is 0 Å². The zero-order valence-corrected chi connectivity index (χ0v) is 13.0. The smallest absolute Gasteiger partial charge is 0.0247 e. The lowest BCUT2D eigenvalue weighted by Crippen LogP contribution is -2.36. The summed E-state index contributed by atoms with van der Waals surface area (Å²) in [6.45, 7) is 5.59. The third kappa shape index (κ3) is 3.56. The van der Waals surface area contributed by atoms with E-state index in [1.54, 1.807) is 0 Å². The first-order valence-electron chi connectivity index (χ1n) is 6.86. The average molecular weight is 311 g/mol. The number of nitrogens with zero attached hydrogens (tertiary/aromatic N) is 1. The molecular formula is C15H23BrN2. The van der Waals surface area contributed by atoms with Crippen LogP contribution in [0.4, 0.5) is 0 Å². The van der Waals surface area contributed by atoms with Gasteiger partial charge in [0.1, 0.15) is 0 Å². The van der Waals surface area contributed by atoms with Crippen LogP contribution in [0.5, 0.6) is 0 Å². The second-order valence-electron chi connectivity index (χ2n) is 5.27. The third-order valence-corrected chi connectivity index (χ3v) is 4.55. The van der Waals surface area contributed by atoms with Crippen molar-refractivity contribution in [3.63, 3.8) is 0 Å². The molecule has 1 heterocycles. The highest BCUT2D eigenvalue weighted by atomic mass is 79.9. The summed E-state index contributed by atoms with van der Waals surface area (Å²) < 4.78 is 1.24. The summed E-state index contributed by atoms with van der Waals surface area (Å²) in [5.74, 6) is 0. The van der Waals surface area contributed by atoms with Crippen LogP contribution < -0.4 is 5.32 Å². The molecule has 18 heavy (non-hydrogen) atoms. The number of nitrogens with one attached hydrogen (secondary N) is 1. The Kier molecular flexibility index (Phi) is 5.22. The van der Waals surface area contributed by atoms with Gasteiger partial charge in [0.25, 0.3) is 0 Å². The maximum absolute atomic E-state index is 3.71. The molecule has 1 N–H and O–H groups in total. The van der Waals surface area contributed by atoms with Crippen molar-refractivity contribution in [3.05, 3.63) is 33.8 Å². The van der Waals surface area contributed by atoms with Gasteiger partial charge in [-0.2, -0.15) is 0 Å². The maximum Gasteiger partial charge on any atom is 0.0247 e. The molecule has 2 rings (SSSR count). The lowest BCUT2D eigenvalue weighted by molar-refractivity contribution is 0.152. The van der Waals surface area contributed by atoms with Gasteiger partial charge < -0.3 is 5.32 Å². The molecule has 1 saturated heterocycles. The SMILES string of the molecule is CNCc1ccc(CN2CCCCC2C)c(Br)c1. The molecule has 100 valence electrons. The predicted octanol–water partition coefficient (Wildman–Crippen LogP) is 3.54. The van der Waals surface area contributed by atoms with E-state index in [2.05, 4.69) is 51.3 Å². The highest BCUT2D eigenvalue weighted by Crippen LogP contribution is 2.24. The van der Waals surface area contributed by atoms with Crippen LogP contribution in [0.1, 0.15) is 37.3 Å². The van der Waals surface area contributed by atoms with Crippen LogP contribution in [0.15, 0.2) is 22.7 Å². The first-order valence-corrected chi connectivity index (χ1v) is 7.66. The molecule has 0 saturated carbocycles. The Morgan fingerprint density at radius 3 is 2.89 bits per heavy atom. The molecule has 0 radical (unpaired) electrons. The molecule has 0 spiro atoms. The monoisotopic (exact) mass is 310 g/mol. The number of piperidine rings is 1. The van der Waals surface area contributed by atoms with Gasteiger partial charge in [-0.15, -0.1) is 0 Å². The van der Waals surface area contributed by atoms with E-state index in [0.29, 0.717) is 0 Å². The maximum atomic E-state index is 3.71. The first kappa shape index (κ1) is 14.0. The van der Waals surface area contributed by atoms with Crippen LogP contribution in [-0.4, -0.2) is 24.5 Å². The molecule has 1 fully saturated rings.